The fourth-order valence-corrected chi connectivity index (χ4v) is 2.41. The minimum absolute atomic E-state index is 0.115. The van der Waals surface area contributed by atoms with Crippen LogP contribution < -0.4 is 0 Å². The van der Waals surface area contributed by atoms with Gasteiger partial charge >= 0.3 is 6.09 Å². The smallest absolute Gasteiger partial charge is 0.410 e. The number of hydrogen-bond acceptors (Lipinski definition) is 3. The van der Waals surface area contributed by atoms with Crippen LogP contribution in [0.5, 0.6) is 0 Å². The maximum atomic E-state index is 12.0. The Bertz CT molecular complexity index is 403. The lowest BCUT2D eigenvalue weighted by atomic mass is 10.1. The van der Waals surface area contributed by atoms with Crippen LogP contribution in [0.3, 0.4) is 0 Å². The van der Waals surface area contributed by atoms with E-state index in [2.05, 4.69) is 23.8 Å². The van der Waals surface area contributed by atoms with Gasteiger partial charge in [-0.15, -0.1) is 0 Å². The number of aromatic nitrogens is 1. The van der Waals surface area contributed by atoms with E-state index in [1.54, 1.807) is 7.11 Å². The molecule has 0 spiro atoms. The molecule has 0 saturated carbocycles. The molecule has 0 unspecified atom stereocenters. The highest BCUT2D eigenvalue weighted by molar-refractivity contribution is 5.68. The number of fused-ring (bicyclic) bond motifs is 1. The molecule has 0 fully saturated rings. The van der Waals surface area contributed by atoms with Gasteiger partial charge in [0.2, 0.25) is 0 Å². The van der Waals surface area contributed by atoms with Gasteiger partial charge in [-0.3, -0.25) is 4.90 Å². The zero-order chi connectivity index (χ0) is 13.0. The van der Waals surface area contributed by atoms with Crippen LogP contribution in [-0.2, 0) is 16.0 Å². The summed E-state index contributed by atoms with van der Waals surface area (Å²) in [5, 5.41) is 0. The lowest BCUT2D eigenvalue weighted by Gasteiger charge is -2.35. The number of methoxy groups -OCH3 is 1. The van der Waals surface area contributed by atoms with E-state index in [1.807, 2.05) is 11.0 Å². The fraction of sp³-hybridized carbons (Fsp3) is 0.615. The van der Waals surface area contributed by atoms with E-state index in [4.69, 9.17) is 9.47 Å². The molecule has 0 saturated heterocycles. The van der Waals surface area contributed by atoms with Gasteiger partial charge in [0.15, 0.2) is 0 Å². The number of carbonyl (C=O) groups is 1. The second-order valence-corrected chi connectivity index (χ2v) is 4.35. The largest absolute Gasteiger partial charge is 0.447 e. The predicted molar refractivity (Wildman–Crippen MR) is 67.4 cm³/mol. The van der Waals surface area contributed by atoms with Crippen molar-refractivity contribution in [2.24, 2.45) is 0 Å². The maximum Gasteiger partial charge on any atom is 0.410 e. The van der Waals surface area contributed by atoms with E-state index < -0.39 is 0 Å². The molecule has 2 rings (SSSR count). The predicted octanol–water partition coefficient (Wildman–Crippen LogP) is 2.04. The third-order valence-corrected chi connectivity index (χ3v) is 3.30. The van der Waals surface area contributed by atoms with Crippen molar-refractivity contribution in [3.63, 3.8) is 0 Å². The van der Waals surface area contributed by atoms with Gasteiger partial charge in [0.25, 0.3) is 0 Å². The van der Waals surface area contributed by atoms with E-state index in [0.29, 0.717) is 19.8 Å². The normalized spacial score (nSPS) is 18.6. The molecule has 0 N–H and O–H groups in total. The van der Waals surface area contributed by atoms with Crippen molar-refractivity contribution in [2.75, 3.05) is 26.9 Å². The highest BCUT2D eigenvalue weighted by Gasteiger charge is 2.30. The number of carbonyl (C=O) groups excluding carboxylic acids is 1. The summed E-state index contributed by atoms with van der Waals surface area (Å²) < 4.78 is 12.3. The molecule has 1 aliphatic rings. The van der Waals surface area contributed by atoms with E-state index in [1.165, 1.54) is 5.69 Å². The Hall–Kier alpha value is -1.49. The third-order valence-electron chi connectivity index (χ3n) is 3.30. The van der Waals surface area contributed by atoms with Crippen LogP contribution in [0.2, 0.25) is 0 Å². The van der Waals surface area contributed by atoms with Gasteiger partial charge < -0.3 is 14.0 Å². The summed E-state index contributed by atoms with van der Waals surface area (Å²) in [6.07, 6.45) is 2.71. The number of hydrogen-bond donors (Lipinski definition) is 0. The van der Waals surface area contributed by atoms with Gasteiger partial charge in [-0.1, -0.05) is 6.92 Å². The van der Waals surface area contributed by atoms with Crippen molar-refractivity contribution < 1.29 is 14.3 Å². The Morgan fingerprint density at radius 2 is 2.28 bits per heavy atom. The van der Waals surface area contributed by atoms with Gasteiger partial charge in [0, 0.05) is 32.1 Å². The van der Waals surface area contributed by atoms with Gasteiger partial charge in [-0.2, -0.15) is 0 Å². The number of amides is 1. The van der Waals surface area contributed by atoms with Crippen LogP contribution in [0, 0.1) is 0 Å². The van der Waals surface area contributed by atoms with Crippen LogP contribution in [0.1, 0.15) is 25.1 Å². The zero-order valence-electron chi connectivity index (χ0n) is 11.0. The Labute approximate surface area is 107 Å². The molecule has 1 atom stereocenters. The molecule has 1 aliphatic heterocycles. The fourth-order valence-electron chi connectivity index (χ4n) is 2.41. The molecule has 0 aliphatic carbocycles. The molecule has 18 heavy (non-hydrogen) atoms. The highest BCUT2D eigenvalue weighted by Crippen LogP contribution is 2.28. The minimum Gasteiger partial charge on any atom is -0.447 e. The average molecular weight is 252 g/mol. The van der Waals surface area contributed by atoms with Crippen molar-refractivity contribution in [1.29, 1.82) is 0 Å². The molecule has 0 radical (unpaired) electrons. The topological polar surface area (TPSA) is 43.7 Å². The first-order valence-corrected chi connectivity index (χ1v) is 6.35. The molecule has 5 nitrogen and oxygen atoms in total. The second kappa shape index (κ2) is 5.91. The molecule has 2 heterocycles. The molecule has 0 aromatic carbocycles. The Kier molecular flexibility index (Phi) is 4.25. The van der Waals surface area contributed by atoms with Crippen LogP contribution in [0.4, 0.5) is 4.79 Å². The summed E-state index contributed by atoms with van der Waals surface area (Å²) >= 11 is 0. The quantitative estimate of drug-likeness (QED) is 0.770. The Morgan fingerprint density at radius 3 is 3.00 bits per heavy atom. The SMILES string of the molecule is CC[C@H]1c2cccn2CCN1C(=O)OCCOC. The summed E-state index contributed by atoms with van der Waals surface area (Å²) in [6.45, 7) is 4.36. The molecule has 1 aromatic heterocycles. The third kappa shape index (κ3) is 2.51. The molecule has 1 amide bonds. The Balaban J connectivity index is 2.03. The van der Waals surface area contributed by atoms with E-state index in [-0.39, 0.29) is 12.1 Å². The van der Waals surface area contributed by atoms with Crippen LogP contribution in [0.15, 0.2) is 18.3 Å². The van der Waals surface area contributed by atoms with Crippen molar-refractivity contribution in [3.05, 3.63) is 24.0 Å². The van der Waals surface area contributed by atoms with Gasteiger partial charge in [0.1, 0.15) is 6.61 Å². The molecule has 5 heteroatoms. The van der Waals surface area contributed by atoms with Crippen molar-refractivity contribution in [3.8, 4) is 0 Å². The molecule has 100 valence electrons. The maximum absolute atomic E-state index is 12.0. The Morgan fingerprint density at radius 1 is 1.44 bits per heavy atom. The van der Waals surface area contributed by atoms with Crippen LogP contribution in [0.25, 0.3) is 0 Å². The van der Waals surface area contributed by atoms with E-state index >= 15 is 0 Å². The zero-order valence-corrected chi connectivity index (χ0v) is 11.0. The lowest BCUT2D eigenvalue weighted by molar-refractivity contribution is 0.0531. The highest BCUT2D eigenvalue weighted by atomic mass is 16.6. The van der Waals surface area contributed by atoms with Crippen LogP contribution in [-0.4, -0.2) is 42.4 Å². The van der Waals surface area contributed by atoms with E-state index in [0.717, 1.165) is 13.0 Å². The lowest BCUT2D eigenvalue weighted by Crippen LogP contribution is -2.42. The summed E-state index contributed by atoms with van der Waals surface area (Å²) in [5.74, 6) is 0. The summed E-state index contributed by atoms with van der Waals surface area (Å²) in [4.78, 5) is 13.8. The molecule has 1 aromatic rings. The number of nitrogens with zero attached hydrogens (tertiary/aromatic N) is 2. The van der Waals surface area contributed by atoms with Crippen molar-refractivity contribution in [1.82, 2.24) is 9.47 Å². The molecular weight excluding hydrogens is 232 g/mol. The summed E-state index contributed by atoms with van der Waals surface area (Å²) in [7, 11) is 1.59. The van der Waals surface area contributed by atoms with E-state index in [9.17, 15) is 4.79 Å². The summed E-state index contributed by atoms with van der Waals surface area (Å²) in [5.41, 5.74) is 1.19. The van der Waals surface area contributed by atoms with Crippen molar-refractivity contribution in [2.45, 2.75) is 25.9 Å². The van der Waals surface area contributed by atoms with Gasteiger partial charge in [-0.25, -0.2) is 4.79 Å². The van der Waals surface area contributed by atoms with Gasteiger partial charge in [0.05, 0.1) is 12.6 Å². The van der Waals surface area contributed by atoms with Crippen LogP contribution >= 0.6 is 0 Å². The molecular formula is C13H20N2O3. The number of ether oxygens (including phenoxy) is 2. The number of rotatable bonds is 4. The van der Waals surface area contributed by atoms with Crippen molar-refractivity contribution >= 4 is 6.09 Å². The first-order chi connectivity index (χ1) is 8.77. The van der Waals surface area contributed by atoms with Gasteiger partial charge in [-0.05, 0) is 18.6 Å². The first-order valence-electron chi connectivity index (χ1n) is 6.35. The summed E-state index contributed by atoms with van der Waals surface area (Å²) in [6, 6.07) is 4.21. The molecule has 0 bridgehead atoms. The minimum atomic E-state index is -0.244. The second-order valence-electron chi connectivity index (χ2n) is 4.35. The monoisotopic (exact) mass is 252 g/mol. The standard InChI is InChI=1S/C13H20N2O3/c1-3-11-12-5-4-6-14(12)7-8-15(11)13(16)18-10-9-17-2/h4-6,11H,3,7-10H2,1-2H3/t11-/m0/s1. The average Bonchev–Trinajstić information content (AvgIpc) is 2.85. The first kappa shape index (κ1) is 13.0.